The van der Waals surface area contributed by atoms with E-state index in [2.05, 4.69) is 27.6 Å². The molecule has 11 heteroatoms. The van der Waals surface area contributed by atoms with Crippen LogP contribution >= 0.6 is 0 Å². The van der Waals surface area contributed by atoms with Crippen molar-refractivity contribution >= 4 is 35.0 Å². The van der Waals surface area contributed by atoms with Gasteiger partial charge in [-0.1, -0.05) is 26.2 Å². The highest BCUT2D eigenvalue weighted by Crippen LogP contribution is 2.40. The Morgan fingerprint density at radius 1 is 1.15 bits per heavy atom. The first kappa shape index (κ1) is 29.0. The first-order chi connectivity index (χ1) is 19.7. The molecule has 2 N–H and O–H groups in total. The number of ether oxygens (including phenoxy) is 1. The Labute approximate surface area is 241 Å². The molecule has 5 rings (SSSR count). The predicted molar refractivity (Wildman–Crippen MR) is 158 cm³/mol. The van der Waals surface area contributed by atoms with Crippen molar-refractivity contribution < 1.29 is 18.7 Å². The molecule has 3 aliphatic rings. The number of methoxy groups -OCH3 is 1. The van der Waals surface area contributed by atoms with Crippen LogP contribution in [0.3, 0.4) is 0 Å². The average Bonchev–Trinajstić information content (AvgIpc) is 3.08. The second-order valence-electron chi connectivity index (χ2n) is 11.6. The van der Waals surface area contributed by atoms with Crippen LogP contribution in [0.15, 0.2) is 24.4 Å². The molecule has 1 aromatic carbocycles. The fourth-order valence-electron chi connectivity index (χ4n) is 6.13. The van der Waals surface area contributed by atoms with Crippen molar-refractivity contribution in [2.24, 2.45) is 0 Å². The molecular weight excluding hydrogens is 525 g/mol. The van der Waals surface area contributed by atoms with E-state index >= 15 is 4.39 Å². The van der Waals surface area contributed by atoms with E-state index < -0.39 is 11.6 Å². The minimum Gasteiger partial charge on any atom is -0.495 e. The smallest absolute Gasteiger partial charge is 0.266 e. The van der Waals surface area contributed by atoms with Crippen molar-refractivity contribution in [2.75, 3.05) is 56.0 Å². The summed E-state index contributed by atoms with van der Waals surface area (Å²) < 4.78 is 21.7. The monoisotopic (exact) mass is 567 g/mol. The lowest BCUT2D eigenvalue weighted by atomic mass is 9.92. The zero-order valence-corrected chi connectivity index (χ0v) is 24.6. The van der Waals surface area contributed by atoms with Gasteiger partial charge in [-0.15, -0.1) is 0 Å². The summed E-state index contributed by atoms with van der Waals surface area (Å²) in [7, 11) is 5.23. The molecule has 1 saturated carbocycles. The molecule has 0 spiro atoms. The van der Waals surface area contributed by atoms with Crippen molar-refractivity contribution in [3.63, 3.8) is 0 Å². The van der Waals surface area contributed by atoms with Gasteiger partial charge in [0.2, 0.25) is 11.6 Å². The maximum absolute atomic E-state index is 16.0. The number of nitrogens with zero attached hydrogens (tertiary/aromatic N) is 5. The number of rotatable bonds is 7. The number of anilines is 4. The number of halogens is 1. The average molecular weight is 568 g/mol. The van der Waals surface area contributed by atoms with Crippen molar-refractivity contribution in [3.05, 3.63) is 30.0 Å². The molecule has 1 aromatic heterocycles. The Balaban J connectivity index is 1.40. The van der Waals surface area contributed by atoms with Gasteiger partial charge in [0, 0.05) is 24.7 Å². The third-order valence-corrected chi connectivity index (χ3v) is 8.83. The zero-order chi connectivity index (χ0) is 29.1. The Morgan fingerprint density at radius 3 is 2.56 bits per heavy atom. The summed E-state index contributed by atoms with van der Waals surface area (Å²) in [6.07, 6.45) is 8.67. The molecule has 2 aromatic rings. The van der Waals surface area contributed by atoms with Gasteiger partial charge in [0.25, 0.3) is 11.8 Å². The van der Waals surface area contributed by atoms with E-state index in [1.807, 2.05) is 4.90 Å². The molecule has 1 unspecified atom stereocenters. The van der Waals surface area contributed by atoms with E-state index in [4.69, 9.17) is 9.72 Å². The topological polar surface area (TPSA) is 103 Å². The van der Waals surface area contributed by atoms with Crippen LogP contribution in [0.5, 0.6) is 5.75 Å². The van der Waals surface area contributed by atoms with Gasteiger partial charge in [0.05, 0.1) is 25.5 Å². The Kier molecular flexibility index (Phi) is 8.63. The number of fused-ring (bicyclic) bond motifs is 1. The molecule has 2 aliphatic heterocycles. The Hall–Kier alpha value is -3.47. The first-order valence-electron chi connectivity index (χ1n) is 14.8. The summed E-state index contributed by atoms with van der Waals surface area (Å²) >= 11 is 0. The number of nitrogens with one attached hydrogen (secondary N) is 2. The second kappa shape index (κ2) is 12.2. The van der Waals surface area contributed by atoms with Crippen molar-refractivity contribution in [2.45, 2.75) is 76.0 Å². The van der Waals surface area contributed by atoms with Gasteiger partial charge in [-0.25, -0.2) is 9.37 Å². The van der Waals surface area contributed by atoms with Gasteiger partial charge in [0.1, 0.15) is 11.4 Å². The number of carbonyl (C=O) groups excluding carboxylic acids is 2. The largest absolute Gasteiger partial charge is 0.495 e. The summed E-state index contributed by atoms with van der Waals surface area (Å²) in [6, 6.07) is 5.48. The van der Waals surface area contributed by atoms with Crippen LogP contribution in [0.2, 0.25) is 0 Å². The van der Waals surface area contributed by atoms with Crippen LogP contribution in [-0.4, -0.2) is 85.3 Å². The number of hydrogen-bond acceptors (Lipinski definition) is 8. The minimum absolute atomic E-state index is 0.0365. The van der Waals surface area contributed by atoms with Crippen LogP contribution in [0.25, 0.3) is 0 Å². The quantitative estimate of drug-likeness (QED) is 0.511. The van der Waals surface area contributed by atoms with Gasteiger partial charge < -0.3 is 30.1 Å². The maximum atomic E-state index is 16.0. The van der Waals surface area contributed by atoms with Gasteiger partial charge in [-0.3, -0.25) is 9.59 Å². The van der Waals surface area contributed by atoms with E-state index in [9.17, 15) is 9.59 Å². The van der Waals surface area contributed by atoms with Gasteiger partial charge >= 0.3 is 0 Å². The van der Waals surface area contributed by atoms with Crippen LogP contribution in [0.1, 0.15) is 68.6 Å². The fourth-order valence-corrected chi connectivity index (χ4v) is 6.13. The Bertz CT molecular complexity index is 1260. The van der Waals surface area contributed by atoms with Crippen molar-refractivity contribution in [1.82, 2.24) is 20.2 Å². The summed E-state index contributed by atoms with van der Waals surface area (Å²) in [4.78, 5) is 41.0. The Morgan fingerprint density at radius 2 is 1.88 bits per heavy atom. The minimum atomic E-state index is -2.01. The number of alkyl halides is 1. The highest BCUT2D eigenvalue weighted by atomic mass is 19.1. The lowest BCUT2D eigenvalue weighted by molar-refractivity contribution is -0.129. The lowest BCUT2D eigenvalue weighted by Crippen LogP contribution is -2.51. The third kappa shape index (κ3) is 6.10. The first-order valence-corrected chi connectivity index (χ1v) is 14.8. The molecule has 1 atom stereocenters. The molecule has 1 aliphatic carbocycles. The second-order valence-corrected chi connectivity index (χ2v) is 11.6. The van der Waals surface area contributed by atoms with Gasteiger partial charge in [0.15, 0.2) is 5.82 Å². The molecule has 10 nitrogen and oxygen atoms in total. The summed E-state index contributed by atoms with van der Waals surface area (Å²) in [6.45, 7) is 3.60. The zero-order valence-electron chi connectivity index (χ0n) is 24.6. The third-order valence-electron chi connectivity index (χ3n) is 8.83. The van der Waals surface area contributed by atoms with Crippen molar-refractivity contribution in [3.8, 4) is 5.75 Å². The summed E-state index contributed by atoms with van der Waals surface area (Å²) in [5, 5.41) is 6.36. The number of carbonyl (C=O) groups is 2. The number of aromatic nitrogens is 2. The van der Waals surface area contributed by atoms with Crippen LogP contribution < -0.4 is 25.2 Å². The van der Waals surface area contributed by atoms with Gasteiger partial charge in [-0.2, -0.15) is 4.98 Å². The molecule has 2 amide bonds. The molecule has 3 heterocycles. The molecule has 41 heavy (non-hydrogen) atoms. The molecule has 1 saturated heterocycles. The van der Waals surface area contributed by atoms with E-state index in [-0.39, 0.29) is 31.0 Å². The summed E-state index contributed by atoms with van der Waals surface area (Å²) in [5.41, 5.74) is -0.407. The highest BCUT2D eigenvalue weighted by Gasteiger charge is 2.46. The maximum Gasteiger partial charge on any atom is 0.266 e. The lowest BCUT2D eigenvalue weighted by Gasteiger charge is -2.37. The van der Waals surface area contributed by atoms with E-state index in [0.29, 0.717) is 34.5 Å². The predicted octanol–water partition coefficient (Wildman–Crippen LogP) is 4.29. The number of benzene rings is 1. The number of likely N-dealkylation sites (tertiary alicyclic amines) is 1. The van der Waals surface area contributed by atoms with Crippen LogP contribution in [0, 0.1) is 0 Å². The van der Waals surface area contributed by atoms with E-state index in [1.54, 1.807) is 45.5 Å². The molecule has 0 radical (unpaired) electrons. The standard InChI is InChI=1S/C30H42FN7O3/c1-5-30(31)19-38(22-9-7-6-8-10-22)26-24(37(3)28(30)40)18-32-29(35-26)34-23-12-11-20(17-25(23)41-4)27(39)33-21-13-15-36(2)16-14-21/h11-12,17-18,21-22H,5-10,13-16,19H2,1-4H3,(H,33,39)(H,32,34,35). The summed E-state index contributed by atoms with van der Waals surface area (Å²) in [5.74, 6) is 0.623. The van der Waals surface area contributed by atoms with Crippen LogP contribution in [0.4, 0.5) is 27.5 Å². The van der Waals surface area contributed by atoms with Crippen molar-refractivity contribution in [1.29, 1.82) is 0 Å². The van der Waals surface area contributed by atoms with E-state index in [1.165, 1.54) is 4.90 Å². The number of hydrogen-bond donors (Lipinski definition) is 2. The van der Waals surface area contributed by atoms with Gasteiger partial charge in [-0.05, 0) is 70.4 Å². The SMILES string of the molecule is CCC1(F)CN(C2CCCCC2)c2nc(Nc3ccc(C(=O)NC4CCN(C)CC4)cc3OC)ncc2N(C)C1=O. The normalized spacial score (nSPS) is 22.7. The highest BCUT2D eigenvalue weighted by molar-refractivity contribution is 6.03. The fraction of sp³-hybridized carbons (Fsp3) is 0.600. The molecule has 2 fully saturated rings. The molecular formula is C30H42FN7O3. The number of piperidine rings is 1. The van der Waals surface area contributed by atoms with Crippen LogP contribution in [-0.2, 0) is 4.79 Å². The van der Waals surface area contributed by atoms with E-state index in [0.717, 1.165) is 58.0 Å². The molecule has 222 valence electrons. The molecule has 0 bridgehead atoms. The number of amides is 2.